The molecule has 0 unspecified atom stereocenters. The Morgan fingerprint density at radius 3 is 2.71 bits per heavy atom. The lowest BCUT2D eigenvalue weighted by Crippen LogP contribution is -2.24. The molecule has 3 N–H and O–H groups in total. The Labute approximate surface area is 120 Å². The third kappa shape index (κ3) is 6.79. The first-order valence-corrected chi connectivity index (χ1v) is 6.06. The molecule has 1 rings (SSSR count). The predicted octanol–water partition coefficient (Wildman–Crippen LogP) is 1.82. The summed E-state index contributed by atoms with van der Waals surface area (Å²) in [6.07, 6.45) is -4.44. The molecular formula is C14H15F3N2O2. The van der Waals surface area contributed by atoms with E-state index in [1.165, 1.54) is 0 Å². The molecule has 0 aliphatic heterocycles. The molecule has 21 heavy (non-hydrogen) atoms. The van der Waals surface area contributed by atoms with Crippen LogP contribution in [0.4, 0.5) is 18.9 Å². The lowest BCUT2D eigenvalue weighted by Gasteiger charge is -2.10. The normalized spacial score (nSPS) is 10.7. The minimum absolute atomic E-state index is 0.244. The molecule has 0 aromatic heterocycles. The minimum atomic E-state index is -4.44. The van der Waals surface area contributed by atoms with Crippen molar-refractivity contribution in [1.29, 1.82) is 0 Å². The third-order valence-electron chi connectivity index (χ3n) is 2.33. The molecule has 4 nitrogen and oxygen atoms in total. The van der Waals surface area contributed by atoms with Crippen LogP contribution in [0.15, 0.2) is 18.2 Å². The molecule has 0 spiro atoms. The maximum atomic E-state index is 11.9. The second kappa shape index (κ2) is 7.67. The monoisotopic (exact) mass is 300 g/mol. The van der Waals surface area contributed by atoms with Gasteiger partial charge < -0.3 is 15.8 Å². The van der Waals surface area contributed by atoms with Crippen LogP contribution in [0.25, 0.3) is 0 Å². The van der Waals surface area contributed by atoms with Gasteiger partial charge >= 0.3 is 6.18 Å². The van der Waals surface area contributed by atoms with Crippen molar-refractivity contribution in [2.45, 2.75) is 13.1 Å². The van der Waals surface area contributed by atoms with E-state index in [0.29, 0.717) is 5.69 Å². The number of hydrogen-bond donors (Lipinski definition) is 2. The van der Waals surface area contributed by atoms with Gasteiger partial charge in [-0.3, -0.25) is 4.79 Å². The van der Waals surface area contributed by atoms with Gasteiger partial charge in [0, 0.05) is 11.3 Å². The van der Waals surface area contributed by atoms with Gasteiger partial charge in [0.05, 0.1) is 6.54 Å². The Morgan fingerprint density at radius 2 is 2.14 bits per heavy atom. The number of alkyl halides is 3. The summed E-state index contributed by atoms with van der Waals surface area (Å²) in [6.45, 7) is -0.116. The highest BCUT2D eigenvalue weighted by molar-refractivity contribution is 5.92. The molecular weight excluding hydrogens is 285 g/mol. The number of amides is 1. The van der Waals surface area contributed by atoms with Crippen molar-refractivity contribution in [2.75, 3.05) is 25.1 Å². The molecule has 0 bridgehead atoms. The molecule has 0 aliphatic carbocycles. The lowest BCUT2D eigenvalue weighted by atomic mass is 10.1. The van der Waals surface area contributed by atoms with Crippen LogP contribution in [-0.4, -0.2) is 31.8 Å². The number of carbonyl (C=O) groups is 1. The number of nitrogens with one attached hydrogen (secondary N) is 1. The van der Waals surface area contributed by atoms with Gasteiger partial charge in [-0.05, 0) is 30.7 Å². The van der Waals surface area contributed by atoms with E-state index in [4.69, 9.17) is 5.73 Å². The van der Waals surface area contributed by atoms with Gasteiger partial charge in [-0.1, -0.05) is 11.8 Å². The van der Waals surface area contributed by atoms with Crippen LogP contribution in [0.1, 0.15) is 11.1 Å². The first kappa shape index (κ1) is 17.0. The quantitative estimate of drug-likeness (QED) is 0.834. The summed E-state index contributed by atoms with van der Waals surface area (Å²) < 4.78 is 39.9. The molecule has 0 saturated carbocycles. The Kier molecular flexibility index (Phi) is 6.21. The second-order valence-electron chi connectivity index (χ2n) is 4.19. The number of hydrogen-bond acceptors (Lipinski definition) is 3. The number of benzene rings is 1. The van der Waals surface area contributed by atoms with Crippen molar-refractivity contribution in [3.05, 3.63) is 29.3 Å². The molecule has 1 amide bonds. The topological polar surface area (TPSA) is 64.3 Å². The molecule has 0 fully saturated rings. The Balaban J connectivity index is 2.56. The van der Waals surface area contributed by atoms with Gasteiger partial charge in [-0.15, -0.1) is 0 Å². The maximum Gasteiger partial charge on any atom is 0.411 e. The first-order chi connectivity index (χ1) is 9.81. The number of ether oxygens (including phenoxy) is 1. The molecule has 1 aromatic rings. The van der Waals surface area contributed by atoms with Gasteiger partial charge in [-0.2, -0.15) is 13.2 Å². The fourth-order valence-electron chi connectivity index (χ4n) is 1.48. The zero-order valence-electron chi connectivity index (χ0n) is 11.4. The average molecular weight is 300 g/mol. The highest BCUT2D eigenvalue weighted by Gasteiger charge is 2.27. The van der Waals surface area contributed by atoms with Gasteiger partial charge in [-0.25, -0.2) is 0 Å². The largest absolute Gasteiger partial charge is 0.411 e. The van der Waals surface area contributed by atoms with Crippen molar-refractivity contribution in [1.82, 2.24) is 0 Å². The number of nitrogens with two attached hydrogens (primary N) is 1. The van der Waals surface area contributed by atoms with E-state index in [-0.39, 0.29) is 6.54 Å². The summed E-state index contributed by atoms with van der Waals surface area (Å²) in [6, 6.07) is 5.05. The van der Waals surface area contributed by atoms with E-state index in [1.54, 1.807) is 25.1 Å². The smallest absolute Gasteiger partial charge is 0.362 e. The summed E-state index contributed by atoms with van der Waals surface area (Å²) in [5.74, 6) is 4.89. The molecule has 0 aliphatic rings. The maximum absolute atomic E-state index is 11.9. The van der Waals surface area contributed by atoms with E-state index in [1.807, 2.05) is 0 Å². The van der Waals surface area contributed by atoms with E-state index >= 15 is 0 Å². The summed E-state index contributed by atoms with van der Waals surface area (Å²) >= 11 is 0. The zero-order valence-corrected chi connectivity index (χ0v) is 11.4. The number of rotatable bonds is 4. The summed E-state index contributed by atoms with van der Waals surface area (Å²) in [7, 11) is 0. The van der Waals surface area contributed by atoms with Gasteiger partial charge in [0.1, 0.15) is 13.2 Å². The SMILES string of the molecule is Cc1cc(C#CCN)ccc1NC(=O)COCC(F)(F)F. The van der Waals surface area contributed by atoms with Crippen LogP contribution < -0.4 is 11.1 Å². The van der Waals surface area contributed by atoms with Gasteiger partial charge in [0.25, 0.3) is 0 Å². The predicted molar refractivity (Wildman–Crippen MR) is 72.6 cm³/mol. The Morgan fingerprint density at radius 1 is 1.43 bits per heavy atom. The number of aryl methyl sites for hydroxylation is 1. The van der Waals surface area contributed by atoms with Crippen LogP contribution in [0.5, 0.6) is 0 Å². The van der Waals surface area contributed by atoms with E-state index in [0.717, 1.165) is 11.1 Å². The summed E-state index contributed by atoms with van der Waals surface area (Å²) in [5, 5.41) is 2.48. The molecule has 0 atom stereocenters. The Bertz CT molecular complexity index is 560. The fourth-order valence-corrected chi connectivity index (χ4v) is 1.48. The summed E-state index contributed by atoms with van der Waals surface area (Å²) in [4.78, 5) is 11.5. The van der Waals surface area contributed by atoms with E-state index in [9.17, 15) is 18.0 Å². The first-order valence-electron chi connectivity index (χ1n) is 6.06. The fraction of sp³-hybridized carbons (Fsp3) is 0.357. The molecule has 0 heterocycles. The van der Waals surface area contributed by atoms with Gasteiger partial charge in [0.2, 0.25) is 5.91 Å². The average Bonchev–Trinajstić information content (AvgIpc) is 2.37. The number of carbonyl (C=O) groups excluding carboxylic acids is 1. The van der Waals surface area contributed by atoms with Crippen molar-refractivity contribution < 1.29 is 22.7 Å². The number of halogens is 3. The minimum Gasteiger partial charge on any atom is -0.362 e. The van der Waals surface area contributed by atoms with E-state index < -0.39 is 25.3 Å². The third-order valence-corrected chi connectivity index (χ3v) is 2.33. The standard InChI is InChI=1S/C14H15F3N2O2/c1-10-7-11(3-2-6-18)4-5-12(10)19-13(20)8-21-9-14(15,16)17/h4-5,7H,6,8-9,18H2,1H3,(H,19,20). The van der Waals surface area contributed by atoms with Crippen LogP contribution in [0.2, 0.25) is 0 Å². The van der Waals surface area contributed by atoms with Crippen LogP contribution in [0.3, 0.4) is 0 Å². The molecule has 0 radical (unpaired) electrons. The molecule has 7 heteroatoms. The highest BCUT2D eigenvalue weighted by Crippen LogP contribution is 2.17. The second-order valence-corrected chi connectivity index (χ2v) is 4.19. The van der Waals surface area contributed by atoms with Crippen LogP contribution in [-0.2, 0) is 9.53 Å². The van der Waals surface area contributed by atoms with Crippen molar-refractivity contribution in [3.63, 3.8) is 0 Å². The number of anilines is 1. The van der Waals surface area contributed by atoms with Crippen molar-refractivity contribution >= 4 is 11.6 Å². The lowest BCUT2D eigenvalue weighted by molar-refractivity contribution is -0.174. The van der Waals surface area contributed by atoms with Crippen LogP contribution in [0, 0.1) is 18.8 Å². The molecule has 0 saturated heterocycles. The van der Waals surface area contributed by atoms with Crippen molar-refractivity contribution in [3.8, 4) is 11.8 Å². The van der Waals surface area contributed by atoms with Crippen molar-refractivity contribution in [2.24, 2.45) is 5.73 Å². The summed E-state index contributed by atoms with van der Waals surface area (Å²) in [5.41, 5.74) is 7.24. The van der Waals surface area contributed by atoms with Crippen LogP contribution >= 0.6 is 0 Å². The Hall–Kier alpha value is -2.04. The zero-order chi connectivity index (χ0) is 15.9. The van der Waals surface area contributed by atoms with E-state index in [2.05, 4.69) is 21.9 Å². The molecule has 114 valence electrons. The molecule has 1 aromatic carbocycles. The highest BCUT2D eigenvalue weighted by atomic mass is 19.4. The van der Waals surface area contributed by atoms with Gasteiger partial charge in [0.15, 0.2) is 0 Å².